The topological polar surface area (TPSA) is 58.9 Å². The third-order valence-corrected chi connectivity index (χ3v) is 2.89. The maximum absolute atomic E-state index is 9.71. The molecule has 0 saturated carbocycles. The van der Waals surface area contributed by atoms with Crippen molar-refractivity contribution in [3.8, 4) is 23.0 Å². The molecule has 0 radical (unpaired) electrons. The van der Waals surface area contributed by atoms with Gasteiger partial charge in [0, 0.05) is 0 Å². The smallest absolute Gasteiger partial charge is 0.160 e. The van der Waals surface area contributed by atoms with Gasteiger partial charge < -0.3 is 19.7 Å². The predicted octanol–water partition coefficient (Wildman–Crippen LogP) is 2.71. The van der Waals surface area contributed by atoms with E-state index in [1.165, 1.54) is 14.2 Å². The Morgan fingerprint density at radius 1 is 0.789 bits per heavy atom. The lowest BCUT2D eigenvalue weighted by molar-refractivity contribution is 0.372. The Bertz CT molecular complexity index is 527. The van der Waals surface area contributed by atoms with Crippen molar-refractivity contribution in [2.75, 3.05) is 14.2 Å². The molecule has 0 aromatic heterocycles. The fourth-order valence-electron chi connectivity index (χ4n) is 1.93. The van der Waals surface area contributed by atoms with Crippen molar-refractivity contribution in [3.05, 3.63) is 47.5 Å². The molecule has 2 rings (SSSR count). The van der Waals surface area contributed by atoms with Crippen molar-refractivity contribution < 1.29 is 19.7 Å². The Labute approximate surface area is 111 Å². The van der Waals surface area contributed by atoms with Crippen LogP contribution in [-0.4, -0.2) is 24.4 Å². The summed E-state index contributed by atoms with van der Waals surface area (Å²) in [5.74, 6) is 1.11. The van der Waals surface area contributed by atoms with Gasteiger partial charge in [-0.2, -0.15) is 0 Å². The summed E-state index contributed by atoms with van der Waals surface area (Å²) in [5, 5.41) is 19.4. The molecule has 0 atom stereocenters. The second-order valence-corrected chi connectivity index (χ2v) is 4.19. The van der Waals surface area contributed by atoms with E-state index in [0.29, 0.717) is 17.9 Å². The molecule has 0 aliphatic carbocycles. The third-order valence-electron chi connectivity index (χ3n) is 2.89. The summed E-state index contributed by atoms with van der Waals surface area (Å²) in [6, 6.07) is 10.5. The van der Waals surface area contributed by atoms with Gasteiger partial charge in [-0.3, -0.25) is 0 Å². The zero-order valence-corrected chi connectivity index (χ0v) is 10.9. The third kappa shape index (κ3) is 2.91. The summed E-state index contributed by atoms with van der Waals surface area (Å²) in [6.07, 6.45) is 0.606. The van der Waals surface area contributed by atoms with Crippen LogP contribution in [0.2, 0.25) is 0 Å². The van der Waals surface area contributed by atoms with Crippen LogP contribution in [-0.2, 0) is 6.42 Å². The van der Waals surface area contributed by atoms with Crippen LogP contribution in [0.25, 0.3) is 0 Å². The van der Waals surface area contributed by atoms with Crippen molar-refractivity contribution in [1.82, 2.24) is 0 Å². The molecule has 0 aliphatic rings. The molecule has 19 heavy (non-hydrogen) atoms. The van der Waals surface area contributed by atoms with Gasteiger partial charge >= 0.3 is 0 Å². The largest absolute Gasteiger partial charge is 0.504 e. The molecule has 2 aromatic rings. The number of hydrogen-bond acceptors (Lipinski definition) is 4. The monoisotopic (exact) mass is 260 g/mol. The molecular weight excluding hydrogens is 244 g/mol. The maximum Gasteiger partial charge on any atom is 0.160 e. The summed E-state index contributed by atoms with van der Waals surface area (Å²) in [7, 11) is 3.02. The van der Waals surface area contributed by atoms with Gasteiger partial charge in [-0.15, -0.1) is 0 Å². The minimum Gasteiger partial charge on any atom is -0.504 e. The van der Waals surface area contributed by atoms with Gasteiger partial charge in [-0.25, -0.2) is 0 Å². The number of methoxy groups -OCH3 is 2. The number of ether oxygens (including phenoxy) is 2. The number of hydrogen-bond donors (Lipinski definition) is 2. The molecule has 0 aliphatic heterocycles. The molecule has 2 aromatic carbocycles. The number of aromatic hydroxyl groups is 2. The van der Waals surface area contributed by atoms with Crippen LogP contribution in [0, 0.1) is 0 Å². The molecule has 0 bridgehead atoms. The highest BCUT2D eigenvalue weighted by Crippen LogP contribution is 2.30. The molecule has 4 nitrogen and oxygen atoms in total. The minimum atomic E-state index is 0.109. The van der Waals surface area contributed by atoms with E-state index in [9.17, 15) is 10.2 Å². The molecule has 0 fully saturated rings. The standard InChI is InChI=1S/C15H16O4/c1-18-14-5-3-10(8-12(14)16)7-11-4-6-15(19-2)13(17)9-11/h3-6,8-9,16-17H,7H2,1-2H3. The van der Waals surface area contributed by atoms with Crippen molar-refractivity contribution in [2.45, 2.75) is 6.42 Å². The Morgan fingerprint density at radius 2 is 1.21 bits per heavy atom. The van der Waals surface area contributed by atoms with Crippen molar-refractivity contribution in [3.63, 3.8) is 0 Å². The number of phenols is 2. The highest BCUT2D eigenvalue weighted by atomic mass is 16.5. The van der Waals surface area contributed by atoms with E-state index in [4.69, 9.17) is 9.47 Å². The number of phenolic OH excluding ortho intramolecular Hbond substituents is 2. The van der Waals surface area contributed by atoms with E-state index in [-0.39, 0.29) is 11.5 Å². The maximum atomic E-state index is 9.71. The van der Waals surface area contributed by atoms with E-state index < -0.39 is 0 Å². The summed E-state index contributed by atoms with van der Waals surface area (Å²) in [5.41, 5.74) is 1.87. The first-order chi connectivity index (χ1) is 9.13. The van der Waals surface area contributed by atoms with Gasteiger partial charge in [0.25, 0.3) is 0 Å². The summed E-state index contributed by atoms with van der Waals surface area (Å²) < 4.78 is 9.99. The zero-order chi connectivity index (χ0) is 13.8. The van der Waals surface area contributed by atoms with Crippen LogP contribution in [0.3, 0.4) is 0 Å². The number of benzene rings is 2. The van der Waals surface area contributed by atoms with Crippen molar-refractivity contribution in [2.24, 2.45) is 0 Å². The molecule has 0 spiro atoms. The van der Waals surface area contributed by atoms with Gasteiger partial charge in [-0.1, -0.05) is 12.1 Å². The zero-order valence-electron chi connectivity index (χ0n) is 10.9. The molecule has 100 valence electrons. The Morgan fingerprint density at radius 3 is 1.53 bits per heavy atom. The molecule has 0 amide bonds. The lowest BCUT2D eigenvalue weighted by atomic mass is 10.0. The number of rotatable bonds is 4. The summed E-state index contributed by atoms with van der Waals surface area (Å²) in [6.45, 7) is 0. The van der Waals surface area contributed by atoms with E-state index in [0.717, 1.165) is 11.1 Å². The predicted molar refractivity (Wildman–Crippen MR) is 72.1 cm³/mol. The Balaban J connectivity index is 2.21. The average molecular weight is 260 g/mol. The first-order valence-corrected chi connectivity index (χ1v) is 5.86. The molecule has 0 unspecified atom stereocenters. The summed E-state index contributed by atoms with van der Waals surface area (Å²) >= 11 is 0. The molecule has 0 saturated heterocycles. The SMILES string of the molecule is COc1ccc(Cc2ccc(OC)c(O)c2)cc1O. The van der Waals surface area contributed by atoms with Gasteiger partial charge in [-0.05, 0) is 41.8 Å². The average Bonchev–Trinajstić information content (AvgIpc) is 2.39. The van der Waals surface area contributed by atoms with E-state index >= 15 is 0 Å². The Kier molecular flexibility index (Phi) is 3.80. The van der Waals surface area contributed by atoms with E-state index in [1.807, 2.05) is 12.1 Å². The second-order valence-electron chi connectivity index (χ2n) is 4.19. The lowest BCUT2D eigenvalue weighted by Gasteiger charge is -2.08. The fourth-order valence-corrected chi connectivity index (χ4v) is 1.93. The van der Waals surface area contributed by atoms with Gasteiger partial charge in [0.15, 0.2) is 23.0 Å². The van der Waals surface area contributed by atoms with E-state index in [2.05, 4.69) is 0 Å². The quantitative estimate of drug-likeness (QED) is 0.887. The molecule has 0 heterocycles. The highest BCUT2D eigenvalue weighted by Gasteiger charge is 2.06. The van der Waals surface area contributed by atoms with Gasteiger partial charge in [0.1, 0.15) is 0 Å². The van der Waals surface area contributed by atoms with Gasteiger partial charge in [0.2, 0.25) is 0 Å². The Hall–Kier alpha value is -2.36. The van der Waals surface area contributed by atoms with Crippen molar-refractivity contribution in [1.29, 1.82) is 0 Å². The molecule has 2 N–H and O–H groups in total. The van der Waals surface area contributed by atoms with Crippen LogP contribution in [0.15, 0.2) is 36.4 Å². The first kappa shape index (κ1) is 13.1. The summed E-state index contributed by atoms with van der Waals surface area (Å²) in [4.78, 5) is 0. The fraction of sp³-hybridized carbons (Fsp3) is 0.200. The van der Waals surface area contributed by atoms with Crippen molar-refractivity contribution >= 4 is 0 Å². The molecular formula is C15H16O4. The molecule has 4 heteroatoms. The van der Waals surface area contributed by atoms with Gasteiger partial charge in [0.05, 0.1) is 14.2 Å². The second kappa shape index (κ2) is 5.52. The first-order valence-electron chi connectivity index (χ1n) is 5.86. The van der Waals surface area contributed by atoms with Crippen LogP contribution >= 0.6 is 0 Å². The van der Waals surface area contributed by atoms with Crippen LogP contribution in [0.4, 0.5) is 0 Å². The van der Waals surface area contributed by atoms with Crippen LogP contribution < -0.4 is 9.47 Å². The minimum absolute atomic E-state index is 0.109. The highest BCUT2D eigenvalue weighted by molar-refractivity contribution is 5.46. The van der Waals surface area contributed by atoms with Crippen LogP contribution in [0.1, 0.15) is 11.1 Å². The normalized spacial score (nSPS) is 10.2. The van der Waals surface area contributed by atoms with E-state index in [1.54, 1.807) is 24.3 Å². The lowest BCUT2D eigenvalue weighted by Crippen LogP contribution is -1.91. The van der Waals surface area contributed by atoms with Crippen LogP contribution in [0.5, 0.6) is 23.0 Å².